The van der Waals surface area contributed by atoms with Crippen molar-refractivity contribution in [1.29, 1.82) is 0 Å². The molecule has 0 radical (unpaired) electrons. The highest BCUT2D eigenvalue weighted by atomic mass is 32.1. The van der Waals surface area contributed by atoms with E-state index in [1.54, 1.807) is 0 Å². The monoisotopic (exact) mass is 295 g/mol. The Kier molecular flexibility index (Phi) is 5.65. The quantitative estimate of drug-likeness (QED) is 0.822. The molecule has 2 rings (SSSR count). The summed E-state index contributed by atoms with van der Waals surface area (Å²) < 4.78 is 6.36. The lowest BCUT2D eigenvalue weighted by atomic mass is 9.73. The zero-order chi connectivity index (χ0) is 14.6. The Morgan fingerprint density at radius 3 is 2.85 bits per heavy atom. The van der Waals surface area contributed by atoms with Crippen LogP contribution in [-0.2, 0) is 4.74 Å². The van der Waals surface area contributed by atoms with Crippen molar-refractivity contribution >= 4 is 11.3 Å². The van der Waals surface area contributed by atoms with Crippen molar-refractivity contribution in [2.24, 2.45) is 5.92 Å². The zero-order valence-corrected chi connectivity index (χ0v) is 14.2. The SMILES string of the molecule is CCNC(c1csc(C)c1)C1(OCC)CCCC(C)C1. The highest BCUT2D eigenvalue weighted by Gasteiger charge is 2.43. The molecule has 0 aromatic carbocycles. The predicted octanol–water partition coefficient (Wildman–Crippen LogP) is 4.69. The van der Waals surface area contributed by atoms with Crippen molar-refractivity contribution in [2.75, 3.05) is 13.2 Å². The third-order valence-corrected chi connectivity index (χ3v) is 5.32. The number of hydrogen-bond acceptors (Lipinski definition) is 3. The molecular weight excluding hydrogens is 266 g/mol. The third-order valence-electron chi connectivity index (χ3n) is 4.44. The molecule has 1 aromatic rings. The van der Waals surface area contributed by atoms with E-state index in [0.717, 1.165) is 19.1 Å². The van der Waals surface area contributed by atoms with Gasteiger partial charge in [-0.1, -0.05) is 26.7 Å². The summed E-state index contributed by atoms with van der Waals surface area (Å²) in [6, 6.07) is 2.66. The van der Waals surface area contributed by atoms with Crippen molar-refractivity contribution in [1.82, 2.24) is 5.32 Å². The number of rotatable bonds is 6. The van der Waals surface area contributed by atoms with E-state index < -0.39 is 0 Å². The molecular formula is C17H29NOS. The van der Waals surface area contributed by atoms with Crippen LogP contribution in [0.2, 0.25) is 0 Å². The van der Waals surface area contributed by atoms with Crippen LogP contribution < -0.4 is 5.32 Å². The van der Waals surface area contributed by atoms with E-state index in [-0.39, 0.29) is 5.60 Å². The Morgan fingerprint density at radius 2 is 2.30 bits per heavy atom. The van der Waals surface area contributed by atoms with E-state index in [0.29, 0.717) is 6.04 Å². The first-order chi connectivity index (χ1) is 9.61. The molecule has 1 saturated carbocycles. The van der Waals surface area contributed by atoms with Crippen LogP contribution in [0, 0.1) is 12.8 Å². The smallest absolute Gasteiger partial charge is 0.0878 e. The predicted molar refractivity (Wildman–Crippen MR) is 87.5 cm³/mol. The Hall–Kier alpha value is -0.380. The molecule has 0 saturated heterocycles. The standard InChI is InChI=1S/C17H29NOS/c1-5-18-16(15-10-14(4)20-12-15)17(19-6-2)9-7-8-13(3)11-17/h10,12-13,16,18H,5-9,11H2,1-4H3. The zero-order valence-electron chi connectivity index (χ0n) is 13.4. The molecule has 3 atom stereocenters. The minimum absolute atomic E-state index is 0.0179. The Bertz CT molecular complexity index is 413. The third kappa shape index (κ3) is 3.44. The number of aryl methyl sites for hydroxylation is 1. The van der Waals surface area contributed by atoms with Gasteiger partial charge in [-0.05, 0) is 56.2 Å². The summed E-state index contributed by atoms with van der Waals surface area (Å²) in [4.78, 5) is 1.39. The molecule has 0 amide bonds. The summed E-state index contributed by atoms with van der Waals surface area (Å²) in [7, 11) is 0. The van der Waals surface area contributed by atoms with Crippen LogP contribution in [0.1, 0.15) is 62.9 Å². The molecule has 0 spiro atoms. The van der Waals surface area contributed by atoms with Crippen molar-refractivity contribution in [3.8, 4) is 0 Å². The molecule has 2 nitrogen and oxygen atoms in total. The van der Waals surface area contributed by atoms with Crippen LogP contribution in [0.3, 0.4) is 0 Å². The van der Waals surface area contributed by atoms with Gasteiger partial charge in [-0.2, -0.15) is 0 Å². The van der Waals surface area contributed by atoms with Crippen LogP contribution in [0.15, 0.2) is 11.4 Å². The van der Waals surface area contributed by atoms with Gasteiger partial charge in [0.25, 0.3) is 0 Å². The van der Waals surface area contributed by atoms with E-state index in [1.807, 2.05) is 11.3 Å². The van der Waals surface area contributed by atoms with E-state index >= 15 is 0 Å². The van der Waals surface area contributed by atoms with Gasteiger partial charge < -0.3 is 10.1 Å². The van der Waals surface area contributed by atoms with Gasteiger partial charge in [-0.15, -0.1) is 11.3 Å². The van der Waals surface area contributed by atoms with Gasteiger partial charge in [0.2, 0.25) is 0 Å². The van der Waals surface area contributed by atoms with Crippen molar-refractivity contribution in [3.63, 3.8) is 0 Å². The van der Waals surface area contributed by atoms with Gasteiger partial charge in [0, 0.05) is 11.5 Å². The molecule has 1 aromatic heterocycles. The van der Waals surface area contributed by atoms with E-state index in [9.17, 15) is 0 Å². The normalized spacial score (nSPS) is 28.5. The van der Waals surface area contributed by atoms with Crippen LogP contribution in [0.4, 0.5) is 0 Å². The van der Waals surface area contributed by atoms with Crippen molar-refractivity contribution < 1.29 is 4.74 Å². The maximum atomic E-state index is 6.36. The van der Waals surface area contributed by atoms with Gasteiger partial charge in [-0.25, -0.2) is 0 Å². The first-order valence-corrected chi connectivity index (χ1v) is 8.91. The van der Waals surface area contributed by atoms with Gasteiger partial charge in [-0.3, -0.25) is 0 Å². The van der Waals surface area contributed by atoms with Gasteiger partial charge in [0.05, 0.1) is 11.6 Å². The molecule has 1 heterocycles. The highest BCUT2D eigenvalue weighted by molar-refractivity contribution is 7.10. The summed E-state index contributed by atoms with van der Waals surface area (Å²) in [6.07, 6.45) is 4.98. The van der Waals surface area contributed by atoms with Gasteiger partial charge in [0.1, 0.15) is 0 Å². The molecule has 3 unspecified atom stereocenters. The number of likely N-dealkylation sites (N-methyl/N-ethyl adjacent to an activating group) is 1. The molecule has 114 valence electrons. The molecule has 0 aliphatic heterocycles. The molecule has 3 heteroatoms. The first-order valence-electron chi connectivity index (χ1n) is 8.03. The van der Waals surface area contributed by atoms with Gasteiger partial charge >= 0.3 is 0 Å². The summed E-state index contributed by atoms with van der Waals surface area (Å²) >= 11 is 1.84. The molecule has 1 N–H and O–H groups in total. The molecule has 1 aliphatic rings. The number of thiophene rings is 1. The Labute approximate surface area is 127 Å². The summed E-state index contributed by atoms with van der Waals surface area (Å²) in [6.45, 7) is 10.7. The lowest BCUT2D eigenvalue weighted by Gasteiger charge is -2.45. The fourth-order valence-electron chi connectivity index (χ4n) is 3.73. The average Bonchev–Trinajstić information content (AvgIpc) is 2.82. The van der Waals surface area contributed by atoms with Gasteiger partial charge in [0.15, 0.2) is 0 Å². The lowest BCUT2D eigenvalue weighted by Crippen LogP contribution is -2.49. The molecule has 20 heavy (non-hydrogen) atoms. The van der Waals surface area contributed by atoms with Crippen LogP contribution in [0.5, 0.6) is 0 Å². The highest BCUT2D eigenvalue weighted by Crippen LogP contribution is 2.44. The van der Waals surface area contributed by atoms with E-state index in [4.69, 9.17) is 4.74 Å². The minimum atomic E-state index is -0.0179. The fourth-order valence-corrected chi connectivity index (χ4v) is 4.46. The van der Waals surface area contributed by atoms with Crippen LogP contribution in [-0.4, -0.2) is 18.8 Å². The Morgan fingerprint density at radius 1 is 1.50 bits per heavy atom. The summed E-state index contributed by atoms with van der Waals surface area (Å²) in [5.41, 5.74) is 1.40. The second-order valence-electron chi connectivity index (χ2n) is 6.18. The lowest BCUT2D eigenvalue weighted by molar-refractivity contribution is -0.101. The first kappa shape index (κ1) is 16.0. The van der Waals surface area contributed by atoms with Crippen LogP contribution >= 0.6 is 11.3 Å². The van der Waals surface area contributed by atoms with E-state index in [2.05, 4.69) is 44.5 Å². The molecule has 0 bridgehead atoms. The number of ether oxygens (including phenoxy) is 1. The maximum absolute atomic E-state index is 6.36. The number of hydrogen-bond donors (Lipinski definition) is 1. The van der Waals surface area contributed by atoms with Crippen molar-refractivity contribution in [3.05, 3.63) is 21.9 Å². The summed E-state index contributed by atoms with van der Waals surface area (Å²) in [5, 5.41) is 6.02. The van der Waals surface area contributed by atoms with Crippen LogP contribution in [0.25, 0.3) is 0 Å². The second kappa shape index (κ2) is 7.06. The topological polar surface area (TPSA) is 21.3 Å². The largest absolute Gasteiger partial charge is 0.373 e. The average molecular weight is 295 g/mol. The fraction of sp³-hybridized carbons (Fsp3) is 0.765. The maximum Gasteiger partial charge on any atom is 0.0878 e. The Balaban J connectivity index is 2.31. The second-order valence-corrected chi connectivity index (χ2v) is 7.30. The van der Waals surface area contributed by atoms with Crippen molar-refractivity contribution in [2.45, 2.75) is 65.0 Å². The number of nitrogens with one attached hydrogen (secondary N) is 1. The molecule has 1 aliphatic carbocycles. The molecule has 1 fully saturated rings. The minimum Gasteiger partial charge on any atom is -0.373 e. The summed E-state index contributed by atoms with van der Waals surface area (Å²) in [5.74, 6) is 0.760. The van der Waals surface area contributed by atoms with E-state index in [1.165, 1.54) is 36.1 Å².